The van der Waals surface area contributed by atoms with E-state index < -0.39 is 12.1 Å². The van der Waals surface area contributed by atoms with Crippen molar-refractivity contribution < 1.29 is 27.9 Å². The smallest absolute Gasteiger partial charge is 0.475 e. The number of halogens is 3. The molecule has 2 N–H and O–H groups in total. The zero-order valence-electron chi connectivity index (χ0n) is 24.3. The maximum absolute atomic E-state index is 13.7. The van der Waals surface area contributed by atoms with E-state index in [4.69, 9.17) is 9.90 Å². The second kappa shape index (κ2) is 13.1. The number of amides is 1. The van der Waals surface area contributed by atoms with E-state index in [-0.39, 0.29) is 17.8 Å². The van der Waals surface area contributed by atoms with Gasteiger partial charge in [0.2, 0.25) is 5.82 Å². The van der Waals surface area contributed by atoms with E-state index in [1.165, 1.54) is 31.5 Å². The molecule has 0 unspecified atom stereocenters. The van der Waals surface area contributed by atoms with Crippen molar-refractivity contribution >= 4 is 28.9 Å². The van der Waals surface area contributed by atoms with E-state index in [1.54, 1.807) is 15.9 Å². The molecule has 1 aliphatic carbocycles. The molecule has 44 heavy (non-hydrogen) atoms. The van der Waals surface area contributed by atoms with Gasteiger partial charge >= 0.3 is 12.1 Å². The Morgan fingerprint density at radius 2 is 1.73 bits per heavy atom. The number of nitrogens with one attached hydrogen (secondary N) is 1. The van der Waals surface area contributed by atoms with Gasteiger partial charge in [-0.05, 0) is 56.5 Å². The number of aliphatic carboxylic acids is 1. The molecule has 3 aromatic rings. The van der Waals surface area contributed by atoms with Gasteiger partial charge in [-0.2, -0.15) is 28.4 Å². The van der Waals surface area contributed by atoms with Crippen LogP contribution in [0.3, 0.4) is 0 Å². The number of carbonyl (C=O) groups is 2. The number of hydrogen-bond acceptors (Lipinski definition) is 9. The Kier molecular flexibility index (Phi) is 9.31. The number of imidazole rings is 1. The van der Waals surface area contributed by atoms with Crippen molar-refractivity contribution in [2.75, 3.05) is 31.6 Å². The number of hydrogen-bond donors (Lipinski definition) is 2. The molecule has 1 aromatic carbocycles. The molecule has 234 valence electrons. The average molecular weight is 614 g/mol. The fourth-order valence-corrected chi connectivity index (χ4v) is 5.88. The predicted octanol–water partition coefficient (Wildman–Crippen LogP) is 3.56. The number of aryl methyl sites for hydroxylation is 1. The highest BCUT2D eigenvalue weighted by atomic mass is 19.4. The molecule has 2 aliphatic heterocycles. The summed E-state index contributed by atoms with van der Waals surface area (Å²) in [5.41, 5.74) is 6.18. The number of alkyl halides is 3. The normalized spacial score (nSPS) is 18.0. The van der Waals surface area contributed by atoms with Gasteiger partial charge in [0, 0.05) is 38.3 Å². The number of nitrogens with zero attached hydrogens (tertiary/aromatic N) is 8. The Labute approximate surface area is 252 Å². The number of hydrazine groups is 1. The van der Waals surface area contributed by atoms with E-state index in [1.807, 2.05) is 25.2 Å². The number of aromatic nitrogens is 4. The van der Waals surface area contributed by atoms with Crippen molar-refractivity contribution in [1.29, 1.82) is 5.26 Å². The van der Waals surface area contributed by atoms with Gasteiger partial charge in [0.1, 0.15) is 6.07 Å². The zero-order chi connectivity index (χ0) is 31.4. The van der Waals surface area contributed by atoms with Crippen LogP contribution in [0.2, 0.25) is 0 Å². The van der Waals surface area contributed by atoms with Crippen molar-refractivity contribution in [3.8, 4) is 6.07 Å². The SMILES string of the molecule is Cn1cnc2c(NN(C(=O)c3ccc(CN4CC(N5CCCC5)C4)cc3)C3CCCC3)nc(C#N)nc21.O=C(O)C(F)(F)F. The Bertz CT molecular complexity index is 1520. The standard InChI is InChI=1S/C27H33N9O.C2HF3O2/c1-33-18-29-24-25(30-23(14-28)31-26(24)33)32-36(21-6-2-3-7-21)27(37)20-10-8-19(9-11-20)15-34-16-22(17-34)35-12-4-5-13-35;3-2(4,5)1(6)7/h8-11,18,21-22H,2-7,12-13,15-17H2,1H3,(H,30,31,32);(H,6,7). The number of benzene rings is 1. The largest absolute Gasteiger partial charge is 0.490 e. The summed E-state index contributed by atoms with van der Waals surface area (Å²) in [4.78, 5) is 40.8. The summed E-state index contributed by atoms with van der Waals surface area (Å²) < 4.78 is 33.5. The third-order valence-corrected chi connectivity index (χ3v) is 8.24. The highest BCUT2D eigenvalue weighted by Crippen LogP contribution is 2.28. The molecule has 3 fully saturated rings. The maximum atomic E-state index is 13.7. The highest BCUT2D eigenvalue weighted by molar-refractivity contribution is 5.96. The number of rotatable bonds is 7. The van der Waals surface area contributed by atoms with Crippen LogP contribution in [0.25, 0.3) is 11.2 Å². The predicted molar refractivity (Wildman–Crippen MR) is 153 cm³/mol. The lowest BCUT2D eigenvalue weighted by Crippen LogP contribution is -2.58. The molecule has 0 spiro atoms. The van der Waals surface area contributed by atoms with Crippen molar-refractivity contribution in [3.63, 3.8) is 0 Å². The number of fused-ring (bicyclic) bond motifs is 1. The first-order valence-corrected chi connectivity index (χ1v) is 14.6. The first-order chi connectivity index (χ1) is 21.0. The molecule has 1 saturated carbocycles. The van der Waals surface area contributed by atoms with Crippen LogP contribution >= 0.6 is 0 Å². The lowest BCUT2D eigenvalue weighted by Gasteiger charge is -2.44. The maximum Gasteiger partial charge on any atom is 0.490 e. The Morgan fingerprint density at radius 1 is 1.09 bits per heavy atom. The molecule has 3 aliphatic rings. The highest BCUT2D eigenvalue weighted by Gasteiger charge is 2.38. The minimum atomic E-state index is -5.08. The summed E-state index contributed by atoms with van der Waals surface area (Å²) in [6.07, 6.45) is 3.23. The molecule has 4 heterocycles. The van der Waals surface area contributed by atoms with Crippen molar-refractivity contribution in [1.82, 2.24) is 34.3 Å². The van der Waals surface area contributed by atoms with Gasteiger partial charge in [0.15, 0.2) is 17.0 Å². The Morgan fingerprint density at radius 3 is 2.32 bits per heavy atom. The monoisotopic (exact) mass is 613 g/mol. The minimum absolute atomic E-state index is 0.0414. The van der Waals surface area contributed by atoms with Crippen LogP contribution in [0.5, 0.6) is 0 Å². The van der Waals surface area contributed by atoms with Crippen LogP contribution in [0.4, 0.5) is 19.0 Å². The summed E-state index contributed by atoms with van der Waals surface area (Å²) in [6.45, 7) is 5.68. The van der Waals surface area contributed by atoms with E-state index in [0.717, 1.165) is 45.3 Å². The van der Waals surface area contributed by atoms with E-state index in [2.05, 4.69) is 42.3 Å². The van der Waals surface area contributed by atoms with E-state index >= 15 is 0 Å². The Hall–Kier alpha value is -4.29. The lowest BCUT2D eigenvalue weighted by molar-refractivity contribution is -0.192. The van der Waals surface area contributed by atoms with Gasteiger partial charge in [-0.15, -0.1) is 0 Å². The molecule has 0 bridgehead atoms. The number of carbonyl (C=O) groups excluding carboxylic acids is 1. The van der Waals surface area contributed by atoms with Gasteiger partial charge in [-0.3, -0.25) is 20.0 Å². The molecular weight excluding hydrogens is 579 g/mol. The molecule has 1 amide bonds. The van der Waals surface area contributed by atoms with Crippen molar-refractivity contribution in [2.24, 2.45) is 7.05 Å². The van der Waals surface area contributed by atoms with Crippen LogP contribution < -0.4 is 5.43 Å². The lowest BCUT2D eigenvalue weighted by atomic mass is 10.0. The van der Waals surface area contributed by atoms with Gasteiger partial charge in [0.25, 0.3) is 5.91 Å². The summed E-state index contributed by atoms with van der Waals surface area (Å²) in [6, 6.07) is 10.8. The molecule has 2 aromatic heterocycles. The first-order valence-electron chi connectivity index (χ1n) is 14.6. The third-order valence-electron chi connectivity index (χ3n) is 8.24. The van der Waals surface area contributed by atoms with Crippen LogP contribution in [-0.4, -0.2) is 95.7 Å². The van der Waals surface area contributed by atoms with Crippen LogP contribution in [0, 0.1) is 11.3 Å². The fourth-order valence-electron chi connectivity index (χ4n) is 5.88. The summed E-state index contributed by atoms with van der Waals surface area (Å²) in [5.74, 6) is -2.44. The van der Waals surface area contributed by atoms with Crippen LogP contribution in [0.15, 0.2) is 30.6 Å². The molecule has 0 atom stereocenters. The van der Waals surface area contributed by atoms with E-state index in [9.17, 15) is 23.2 Å². The molecule has 2 saturated heterocycles. The Balaban J connectivity index is 0.000000493. The quantitative estimate of drug-likeness (QED) is 0.380. The van der Waals surface area contributed by atoms with Gasteiger partial charge in [-0.1, -0.05) is 25.0 Å². The summed E-state index contributed by atoms with van der Waals surface area (Å²) >= 11 is 0. The molecule has 15 heteroatoms. The number of likely N-dealkylation sites (tertiary alicyclic amines) is 2. The molecular formula is C29H34F3N9O3. The first kappa shape index (κ1) is 31.1. The van der Waals surface area contributed by atoms with Crippen molar-refractivity contribution in [2.45, 2.75) is 63.3 Å². The van der Waals surface area contributed by atoms with Gasteiger partial charge in [-0.25, -0.2) is 14.8 Å². The zero-order valence-corrected chi connectivity index (χ0v) is 24.3. The van der Waals surface area contributed by atoms with Crippen LogP contribution in [-0.2, 0) is 18.4 Å². The molecule has 12 nitrogen and oxygen atoms in total. The molecule has 6 rings (SSSR count). The number of anilines is 1. The minimum Gasteiger partial charge on any atom is -0.475 e. The number of carboxylic acids is 1. The van der Waals surface area contributed by atoms with Gasteiger partial charge < -0.3 is 9.67 Å². The fraction of sp³-hybridized carbons (Fsp3) is 0.517. The second-order valence-corrected chi connectivity index (χ2v) is 11.4. The summed E-state index contributed by atoms with van der Waals surface area (Å²) in [7, 11) is 1.82. The third kappa shape index (κ3) is 7.08. The van der Waals surface area contributed by atoms with Crippen LogP contribution in [0.1, 0.15) is 60.3 Å². The van der Waals surface area contributed by atoms with Gasteiger partial charge in [0.05, 0.1) is 12.4 Å². The summed E-state index contributed by atoms with van der Waals surface area (Å²) in [5, 5.41) is 18.3. The van der Waals surface area contributed by atoms with E-state index in [0.29, 0.717) is 28.6 Å². The topological polar surface area (TPSA) is 144 Å². The number of nitriles is 1. The second-order valence-electron chi connectivity index (χ2n) is 11.4. The number of carboxylic acid groups (broad SMARTS) is 1. The van der Waals surface area contributed by atoms with Crippen molar-refractivity contribution in [3.05, 3.63) is 47.5 Å². The molecule has 0 radical (unpaired) electrons. The average Bonchev–Trinajstić information content (AvgIpc) is 3.77.